The Morgan fingerprint density at radius 2 is 2.05 bits per heavy atom. The average Bonchev–Trinajstić information content (AvgIpc) is 2.45. The maximum absolute atomic E-state index is 12.4. The number of benzene rings is 2. The fourth-order valence-corrected chi connectivity index (χ4v) is 2.28. The maximum atomic E-state index is 12.4. The Hall–Kier alpha value is -2.20. The third-order valence-electron chi connectivity index (χ3n) is 3.07. The zero-order valence-electron chi connectivity index (χ0n) is 12.0. The molecule has 0 fully saturated rings. The summed E-state index contributed by atoms with van der Waals surface area (Å²) >= 11 is 5.95. The number of carbonyl (C=O) groups is 1. The van der Waals surface area contributed by atoms with Gasteiger partial charge in [0.25, 0.3) is 5.91 Å². The maximum Gasteiger partial charge on any atom is 0.254 e. The van der Waals surface area contributed by atoms with Crippen molar-refractivity contribution < 1.29 is 9.53 Å². The summed E-state index contributed by atoms with van der Waals surface area (Å²) in [5.41, 5.74) is 7.74. The number of nitrogens with zero attached hydrogens (tertiary/aromatic N) is 1. The van der Waals surface area contributed by atoms with Crippen molar-refractivity contribution in [2.75, 3.05) is 19.9 Å². The van der Waals surface area contributed by atoms with Crippen LogP contribution in [0.5, 0.6) is 5.75 Å². The fraction of sp³-hybridized carbons (Fsp3) is 0.188. The first-order valence-electron chi connectivity index (χ1n) is 6.44. The molecular formula is C16H17ClN2O2. The zero-order chi connectivity index (χ0) is 15.4. The van der Waals surface area contributed by atoms with Crippen LogP contribution in [0, 0.1) is 0 Å². The second-order valence-electron chi connectivity index (χ2n) is 4.79. The van der Waals surface area contributed by atoms with Crippen molar-refractivity contribution in [3.63, 3.8) is 0 Å². The molecule has 4 nitrogen and oxygen atoms in total. The van der Waals surface area contributed by atoms with Gasteiger partial charge in [0.15, 0.2) is 0 Å². The molecule has 0 aliphatic rings. The number of hydrogen-bond donors (Lipinski definition) is 1. The third kappa shape index (κ3) is 3.89. The van der Waals surface area contributed by atoms with E-state index in [-0.39, 0.29) is 5.91 Å². The summed E-state index contributed by atoms with van der Waals surface area (Å²) in [6.45, 7) is 0.469. The van der Waals surface area contributed by atoms with E-state index in [1.165, 1.54) is 0 Å². The summed E-state index contributed by atoms with van der Waals surface area (Å²) < 4.78 is 5.13. The summed E-state index contributed by atoms with van der Waals surface area (Å²) in [7, 11) is 3.28. The molecule has 0 aliphatic carbocycles. The number of methoxy groups -OCH3 is 1. The second-order valence-corrected chi connectivity index (χ2v) is 5.22. The Kier molecular flexibility index (Phi) is 4.70. The lowest BCUT2D eigenvalue weighted by atomic mass is 10.1. The topological polar surface area (TPSA) is 55.6 Å². The predicted molar refractivity (Wildman–Crippen MR) is 84.7 cm³/mol. The molecule has 1 amide bonds. The number of ether oxygens (including phenoxy) is 1. The molecule has 0 aliphatic heterocycles. The molecule has 2 rings (SSSR count). The van der Waals surface area contributed by atoms with Gasteiger partial charge in [0.05, 0.1) is 7.11 Å². The lowest BCUT2D eigenvalue weighted by Crippen LogP contribution is -2.26. The van der Waals surface area contributed by atoms with E-state index < -0.39 is 0 Å². The number of hydrogen-bond acceptors (Lipinski definition) is 3. The second kappa shape index (κ2) is 6.50. The summed E-state index contributed by atoms with van der Waals surface area (Å²) in [6.07, 6.45) is 0. The highest BCUT2D eigenvalue weighted by Crippen LogP contribution is 2.20. The van der Waals surface area contributed by atoms with Crippen LogP contribution >= 0.6 is 11.6 Å². The van der Waals surface area contributed by atoms with Crippen LogP contribution in [0.1, 0.15) is 15.9 Å². The van der Waals surface area contributed by atoms with Gasteiger partial charge in [-0.05, 0) is 29.8 Å². The molecule has 0 saturated heterocycles. The molecule has 21 heavy (non-hydrogen) atoms. The molecule has 5 heteroatoms. The van der Waals surface area contributed by atoms with Crippen molar-refractivity contribution in [1.82, 2.24) is 4.90 Å². The molecule has 110 valence electrons. The Balaban J connectivity index is 2.17. The van der Waals surface area contributed by atoms with Crippen LogP contribution in [-0.2, 0) is 6.54 Å². The van der Waals surface area contributed by atoms with E-state index >= 15 is 0 Å². The lowest BCUT2D eigenvalue weighted by Gasteiger charge is -2.18. The summed E-state index contributed by atoms with van der Waals surface area (Å²) in [5, 5.41) is 0.652. The molecule has 0 aromatic heterocycles. The molecule has 2 aromatic carbocycles. The van der Waals surface area contributed by atoms with Gasteiger partial charge in [-0.2, -0.15) is 0 Å². The fourth-order valence-electron chi connectivity index (χ4n) is 2.06. The molecule has 0 saturated carbocycles. The Labute approximate surface area is 129 Å². The van der Waals surface area contributed by atoms with Gasteiger partial charge in [-0.1, -0.05) is 23.7 Å². The van der Waals surface area contributed by atoms with E-state index in [9.17, 15) is 4.79 Å². The number of anilines is 1. The number of nitrogens with two attached hydrogens (primary N) is 1. The van der Waals surface area contributed by atoms with Crippen molar-refractivity contribution >= 4 is 23.2 Å². The van der Waals surface area contributed by atoms with Crippen molar-refractivity contribution in [1.29, 1.82) is 0 Å². The van der Waals surface area contributed by atoms with Crippen molar-refractivity contribution in [2.45, 2.75) is 6.54 Å². The number of carbonyl (C=O) groups excluding carboxylic acids is 1. The molecule has 0 bridgehead atoms. The first-order chi connectivity index (χ1) is 9.99. The SMILES string of the molecule is COc1cc(N)cc(C(=O)N(C)Cc2cccc(Cl)c2)c1. The summed E-state index contributed by atoms with van der Waals surface area (Å²) in [6, 6.07) is 12.4. The Morgan fingerprint density at radius 1 is 1.29 bits per heavy atom. The molecule has 0 spiro atoms. The molecule has 0 heterocycles. The van der Waals surface area contributed by atoms with Crippen molar-refractivity contribution in [3.8, 4) is 5.75 Å². The largest absolute Gasteiger partial charge is 0.497 e. The molecule has 0 unspecified atom stereocenters. The quantitative estimate of drug-likeness (QED) is 0.883. The number of nitrogen functional groups attached to an aromatic ring is 1. The number of halogens is 1. The molecule has 0 atom stereocenters. The lowest BCUT2D eigenvalue weighted by molar-refractivity contribution is 0.0785. The van der Waals surface area contributed by atoms with Crippen LogP contribution in [0.25, 0.3) is 0 Å². The minimum absolute atomic E-state index is 0.124. The minimum atomic E-state index is -0.124. The Bertz CT molecular complexity index is 658. The zero-order valence-corrected chi connectivity index (χ0v) is 12.7. The highest BCUT2D eigenvalue weighted by molar-refractivity contribution is 6.30. The van der Waals surface area contributed by atoms with Crippen molar-refractivity contribution in [2.24, 2.45) is 0 Å². The van der Waals surface area contributed by atoms with Gasteiger partial charge in [0.2, 0.25) is 0 Å². The van der Waals surface area contributed by atoms with Crippen LogP contribution in [0.4, 0.5) is 5.69 Å². The molecule has 0 radical (unpaired) electrons. The standard InChI is InChI=1S/C16H17ClN2O2/c1-19(10-11-4-3-5-13(17)6-11)16(20)12-7-14(18)9-15(8-12)21-2/h3-9H,10,18H2,1-2H3. The summed E-state index contributed by atoms with van der Waals surface area (Å²) in [4.78, 5) is 14.0. The van der Waals surface area contributed by atoms with Crippen LogP contribution in [0.2, 0.25) is 5.02 Å². The highest BCUT2D eigenvalue weighted by atomic mass is 35.5. The summed E-state index contributed by atoms with van der Waals surface area (Å²) in [5.74, 6) is 0.440. The smallest absolute Gasteiger partial charge is 0.254 e. The number of rotatable bonds is 4. The highest BCUT2D eigenvalue weighted by Gasteiger charge is 2.14. The van der Waals surface area contributed by atoms with Gasteiger partial charge in [0.1, 0.15) is 5.75 Å². The van der Waals surface area contributed by atoms with Gasteiger partial charge in [0, 0.05) is 35.9 Å². The van der Waals surface area contributed by atoms with E-state index in [0.29, 0.717) is 28.6 Å². The van der Waals surface area contributed by atoms with E-state index in [0.717, 1.165) is 5.56 Å². The van der Waals surface area contributed by atoms with Gasteiger partial charge in [-0.25, -0.2) is 0 Å². The van der Waals surface area contributed by atoms with Gasteiger partial charge in [-0.15, -0.1) is 0 Å². The van der Waals surface area contributed by atoms with Crippen molar-refractivity contribution in [3.05, 3.63) is 58.6 Å². The molecular weight excluding hydrogens is 288 g/mol. The van der Waals surface area contributed by atoms with Crippen LogP contribution in [-0.4, -0.2) is 25.0 Å². The predicted octanol–water partition coefficient (Wildman–Crippen LogP) is 3.20. The third-order valence-corrected chi connectivity index (χ3v) is 3.30. The normalized spacial score (nSPS) is 10.2. The number of amides is 1. The minimum Gasteiger partial charge on any atom is -0.497 e. The van der Waals surface area contributed by atoms with E-state index in [2.05, 4.69) is 0 Å². The van der Waals surface area contributed by atoms with Gasteiger partial charge >= 0.3 is 0 Å². The first-order valence-corrected chi connectivity index (χ1v) is 6.82. The van der Waals surface area contributed by atoms with Gasteiger partial charge in [-0.3, -0.25) is 4.79 Å². The molecule has 2 aromatic rings. The first kappa shape index (κ1) is 15.2. The van der Waals surface area contributed by atoms with E-state index in [1.54, 1.807) is 43.3 Å². The monoisotopic (exact) mass is 304 g/mol. The Morgan fingerprint density at radius 3 is 2.71 bits per heavy atom. The van der Waals surface area contributed by atoms with E-state index in [1.807, 2.05) is 18.2 Å². The van der Waals surface area contributed by atoms with Crippen LogP contribution in [0.3, 0.4) is 0 Å². The van der Waals surface area contributed by atoms with Crippen LogP contribution in [0.15, 0.2) is 42.5 Å². The van der Waals surface area contributed by atoms with Gasteiger partial charge < -0.3 is 15.4 Å². The van der Waals surface area contributed by atoms with Crippen LogP contribution < -0.4 is 10.5 Å². The average molecular weight is 305 g/mol. The molecule has 2 N–H and O–H groups in total. The van der Waals surface area contributed by atoms with E-state index in [4.69, 9.17) is 22.1 Å².